The number of carboxylic acids is 1. The number of carbonyl (C=O) groups is 2. The fourth-order valence-corrected chi connectivity index (χ4v) is 2.41. The van der Waals surface area contributed by atoms with E-state index in [1.54, 1.807) is 0 Å². The Morgan fingerprint density at radius 3 is 2.28 bits per heavy atom. The van der Waals surface area contributed by atoms with Gasteiger partial charge in [-0.05, 0) is 6.07 Å². The maximum Gasteiger partial charge on any atom is 0.337 e. The SMILES string of the molecule is CC(=O)S(=O)(=O)c1c(C(=O)O)cccc1[N+](=O)[O-]. The summed E-state index contributed by atoms with van der Waals surface area (Å²) in [5, 5.41) is 18.2. The first-order valence-electron chi connectivity index (χ1n) is 4.46. The second-order valence-corrected chi connectivity index (χ2v) is 5.20. The average molecular weight is 273 g/mol. The molecule has 0 saturated carbocycles. The van der Waals surface area contributed by atoms with Crippen LogP contribution in [0.15, 0.2) is 23.1 Å². The van der Waals surface area contributed by atoms with E-state index >= 15 is 0 Å². The highest BCUT2D eigenvalue weighted by Crippen LogP contribution is 2.28. The molecule has 0 heterocycles. The Hall–Kier alpha value is -2.29. The van der Waals surface area contributed by atoms with Crippen molar-refractivity contribution < 1.29 is 28.0 Å². The zero-order valence-electron chi connectivity index (χ0n) is 8.98. The molecule has 9 heteroatoms. The highest BCUT2D eigenvalue weighted by molar-refractivity contribution is 8.06. The molecule has 0 bridgehead atoms. The Kier molecular flexibility index (Phi) is 3.47. The van der Waals surface area contributed by atoms with Gasteiger partial charge in [-0.1, -0.05) is 6.07 Å². The van der Waals surface area contributed by atoms with Crippen molar-refractivity contribution >= 4 is 26.6 Å². The van der Waals surface area contributed by atoms with E-state index in [0.29, 0.717) is 6.92 Å². The number of sulfone groups is 1. The molecule has 0 radical (unpaired) electrons. The molecular formula is C9H7NO7S. The molecule has 0 aliphatic heterocycles. The van der Waals surface area contributed by atoms with Gasteiger partial charge in [-0.2, -0.15) is 0 Å². The van der Waals surface area contributed by atoms with Gasteiger partial charge in [0.15, 0.2) is 4.90 Å². The van der Waals surface area contributed by atoms with Crippen molar-refractivity contribution in [1.82, 2.24) is 0 Å². The number of aromatic carboxylic acids is 1. The van der Waals surface area contributed by atoms with Crippen LogP contribution in [0.1, 0.15) is 17.3 Å². The molecule has 0 spiro atoms. The zero-order chi connectivity index (χ0) is 14.1. The fraction of sp³-hybridized carbons (Fsp3) is 0.111. The molecule has 96 valence electrons. The molecule has 1 aromatic rings. The summed E-state index contributed by atoms with van der Waals surface area (Å²) in [5.41, 5.74) is -1.75. The lowest BCUT2D eigenvalue weighted by molar-refractivity contribution is -0.387. The normalized spacial score (nSPS) is 10.9. The maximum atomic E-state index is 11.7. The number of carboxylic acid groups (broad SMARTS) is 1. The second-order valence-electron chi connectivity index (χ2n) is 3.21. The molecule has 0 saturated heterocycles. The van der Waals surface area contributed by atoms with Crippen LogP contribution in [0, 0.1) is 10.1 Å². The molecule has 0 unspecified atom stereocenters. The van der Waals surface area contributed by atoms with Gasteiger partial charge in [0.05, 0.1) is 10.5 Å². The Morgan fingerprint density at radius 1 is 1.33 bits per heavy atom. The molecule has 0 aliphatic carbocycles. The Balaban J connectivity index is 3.83. The van der Waals surface area contributed by atoms with Gasteiger partial charge in [0, 0.05) is 13.0 Å². The van der Waals surface area contributed by atoms with E-state index in [1.165, 1.54) is 0 Å². The van der Waals surface area contributed by atoms with Gasteiger partial charge >= 0.3 is 5.97 Å². The fourth-order valence-electron chi connectivity index (χ4n) is 1.26. The van der Waals surface area contributed by atoms with E-state index in [9.17, 15) is 28.1 Å². The molecular weight excluding hydrogens is 266 g/mol. The summed E-state index contributed by atoms with van der Waals surface area (Å²) < 4.78 is 23.3. The summed E-state index contributed by atoms with van der Waals surface area (Å²) in [7, 11) is -4.69. The third kappa shape index (κ3) is 2.20. The molecule has 18 heavy (non-hydrogen) atoms. The first-order chi connectivity index (χ1) is 8.19. The van der Waals surface area contributed by atoms with Crippen molar-refractivity contribution in [3.63, 3.8) is 0 Å². The number of benzene rings is 1. The summed E-state index contributed by atoms with van der Waals surface area (Å²) in [6.07, 6.45) is 0. The number of hydrogen-bond donors (Lipinski definition) is 1. The van der Waals surface area contributed by atoms with Crippen LogP contribution in [0.2, 0.25) is 0 Å². The van der Waals surface area contributed by atoms with Crippen molar-refractivity contribution in [1.29, 1.82) is 0 Å². The van der Waals surface area contributed by atoms with Gasteiger partial charge in [-0.3, -0.25) is 14.9 Å². The van der Waals surface area contributed by atoms with E-state index in [2.05, 4.69) is 0 Å². The molecule has 1 N–H and O–H groups in total. The summed E-state index contributed by atoms with van der Waals surface area (Å²) in [5.74, 6) is -1.67. The lowest BCUT2D eigenvalue weighted by Gasteiger charge is -2.05. The minimum atomic E-state index is -4.69. The van der Waals surface area contributed by atoms with Crippen LogP contribution in [0.25, 0.3) is 0 Å². The van der Waals surface area contributed by atoms with E-state index < -0.39 is 42.0 Å². The van der Waals surface area contributed by atoms with Crippen LogP contribution in [-0.4, -0.2) is 29.5 Å². The van der Waals surface area contributed by atoms with E-state index in [0.717, 1.165) is 18.2 Å². The minimum absolute atomic E-state index is 0.692. The predicted octanol–water partition coefficient (Wildman–Crippen LogP) is 0.613. The topological polar surface area (TPSA) is 132 Å². The van der Waals surface area contributed by atoms with Crippen LogP contribution in [-0.2, 0) is 14.6 Å². The number of rotatable bonds is 3. The molecule has 1 rings (SSSR count). The van der Waals surface area contributed by atoms with Gasteiger partial charge in [-0.15, -0.1) is 0 Å². The molecule has 0 aromatic heterocycles. The summed E-state index contributed by atoms with van der Waals surface area (Å²) in [6.45, 7) is 0.692. The Morgan fingerprint density at radius 2 is 1.89 bits per heavy atom. The van der Waals surface area contributed by atoms with Crippen molar-refractivity contribution in [3.8, 4) is 0 Å². The van der Waals surface area contributed by atoms with Gasteiger partial charge in [-0.25, -0.2) is 13.2 Å². The number of hydrogen-bond acceptors (Lipinski definition) is 6. The highest BCUT2D eigenvalue weighted by Gasteiger charge is 2.34. The van der Waals surface area contributed by atoms with Crippen molar-refractivity contribution in [3.05, 3.63) is 33.9 Å². The Labute approximate surface area is 101 Å². The van der Waals surface area contributed by atoms with Gasteiger partial charge < -0.3 is 5.11 Å². The average Bonchev–Trinajstić information content (AvgIpc) is 2.27. The molecule has 0 amide bonds. The van der Waals surface area contributed by atoms with Crippen LogP contribution in [0.4, 0.5) is 5.69 Å². The van der Waals surface area contributed by atoms with Crippen molar-refractivity contribution in [2.24, 2.45) is 0 Å². The molecule has 0 aliphatic rings. The number of nitro benzene ring substituents is 1. The Bertz CT molecular complexity index is 615. The molecule has 0 atom stereocenters. The number of nitrogens with zero attached hydrogens (tertiary/aromatic N) is 1. The minimum Gasteiger partial charge on any atom is -0.478 e. The van der Waals surface area contributed by atoms with E-state index in [4.69, 9.17) is 5.11 Å². The summed E-state index contributed by atoms with van der Waals surface area (Å²) >= 11 is 0. The van der Waals surface area contributed by atoms with Crippen LogP contribution in [0.3, 0.4) is 0 Å². The zero-order valence-corrected chi connectivity index (χ0v) is 9.80. The van der Waals surface area contributed by atoms with Crippen LogP contribution >= 0.6 is 0 Å². The van der Waals surface area contributed by atoms with E-state index in [1.807, 2.05) is 0 Å². The van der Waals surface area contributed by atoms with Crippen molar-refractivity contribution in [2.75, 3.05) is 0 Å². The molecule has 0 fully saturated rings. The van der Waals surface area contributed by atoms with Gasteiger partial charge in [0.25, 0.3) is 5.69 Å². The number of nitro groups is 1. The van der Waals surface area contributed by atoms with Crippen molar-refractivity contribution in [2.45, 2.75) is 11.8 Å². The predicted molar refractivity (Wildman–Crippen MR) is 57.9 cm³/mol. The van der Waals surface area contributed by atoms with Crippen LogP contribution in [0.5, 0.6) is 0 Å². The number of carbonyl (C=O) groups excluding carboxylic acids is 1. The quantitative estimate of drug-likeness (QED) is 0.630. The third-order valence-electron chi connectivity index (χ3n) is 2.07. The van der Waals surface area contributed by atoms with Crippen LogP contribution < -0.4 is 0 Å². The first-order valence-corrected chi connectivity index (χ1v) is 5.94. The largest absolute Gasteiger partial charge is 0.478 e. The van der Waals surface area contributed by atoms with E-state index in [-0.39, 0.29) is 0 Å². The monoisotopic (exact) mass is 273 g/mol. The van der Waals surface area contributed by atoms with Gasteiger partial charge in [0.2, 0.25) is 15.0 Å². The van der Waals surface area contributed by atoms with Gasteiger partial charge in [0.1, 0.15) is 0 Å². The second kappa shape index (κ2) is 4.53. The highest BCUT2D eigenvalue weighted by atomic mass is 32.2. The molecule has 1 aromatic carbocycles. The summed E-state index contributed by atoms with van der Waals surface area (Å²) in [6, 6.07) is 2.73. The molecule has 8 nitrogen and oxygen atoms in total. The smallest absolute Gasteiger partial charge is 0.337 e. The lowest BCUT2D eigenvalue weighted by Crippen LogP contribution is -2.17. The summed E-state index contributed by atoms with van der Waals surface area (Å²) in [4.78, 5) is 30.4. The third-order valence-corrected chi connectivity index (χ3v) is 3.79. The maximum absolute atomic E-state index is 11.7. The standard InChI is InChI=1S/C9H7NO7S/c1-5(11)18(16,17)8-6(9(12)13)3-2-4-7(8)10(14)15/h2-4H,1H3,(H,12,13). The lowest BCUT2D eigenvalue weighted by atomic mass is 10.2. The first kappa shape index (κ1) is 13.8.